The zero-order valence-electron chi connectivity index (χ0n) is 13.2. The van der Waals surface area contributed by atoms with Gasteiger partial charge in [-0.25, -0.2) is 0 Å². The molecule has 2 unspecified atom stereocenters. The summed E-state index contributed by atoms with van der Waals surface area (Å²) >= 11 is 0. The largest absolute Gasteiger partial charge is 0.343 e. The van der Waals surface area contributed by atoms with E-state index in [0.29, 0.717) is 18.4 Å². The van der Waals surface area contributed by atoms with E-state index in [1.165, 1.54) is 38.8 Å². The highest BCUT2D eigenvalue weighted by molar-refractivity contribution is 5.76. The lowest BCUT2D eigenvalue weighted by atomic mass is 10.0. The van der Waals surface area contributed by atoms with Gasteiger partial charge in [0.2, 0.25) is 5.91 Å². The van der Waals surface area contributed by atoms with E-state index in [9.17, 15) is 4.79 Å². The van der Waals surface area contributed by atoms with Crippen LogP contribution in [0.5, 0.6) is 0 Å². The molecule has 0 aromatic carbocycles. The lowest BCUT2D eigenvalue weighted by Crippen LogP contribution is -2.44. The summed E-state index contributed by atoms with van der Waals surface area (Å²) in [7, 11) is 0. The zero-order chi connectivity index (χ0) is 14.4. The number of amides is 1. The molecule has 4 nitrogen and oxygen atoms in total. The van der Waals surface area contributed by atoms with Gasteiger partial charge in [0, 0.05) is 31.6 Å². The Morgan fingerprint density at radius 2 is 2.05 bits per heavy atom. The van der Waals surface area contributed by atoms with E-state index in [0.717, 1.165) is 32.1 Å². The van der Waals surface area contributed by atoms with Crippen molar-refractivity contribution in [2.24, 2.45) is 0 Å². The molecule has 1 N–H and O–H groups in total. The summed E-state index contributed by atoms with van der Waals surface area (Å²) < 4.78 is 0. The molecule has 2 saturated heterocycles. The molecule has 0 bridgehead atoms. The van der Waals surface area contributed by atoms with Crippen LogP contribution in [0.3, 0.4) is 0 Å². The number of carbonyl (C=O) groups excluding carboxylic acids is 1. The summed E-state index contributed by atoms with van der Waals surface area (Å²) in [6, 6.07) is 1.43. The fourth-order valence-corrected chi connectivity index (χ4v) is 3.79. The number of nitrogens with one attached hydrogen (secondary N) is 1. The van der Waals surface area contributed by atoms with Crippen LogP contribution in [0.2, 0.25) is 0 Å². The smallest absolute Gasteiger partial charge is 0.222 e. The molecule has 0 spiro atoms. The molecular weight excluding hydrogens is 250 g/mol. The third kappa shape index (κ3) is 3.95. The van der Waals surface area contributed by atoms with Crippen LogP contribution in [0.4, 0.5) is 0 Å². The summed E-state index contributed by atoms with van der Waals surface area (Å²) in [6.45, 7) is 9.31. The molecule has 2 aliphatic rings. The van der Waals surface area contributed by atoms with Gasteiger partial charge in [-0.05, 0) is 65.6 Å². The molecule has 116 valence electrons. The third-order valence-electron chi connectivity index (χ3n) is 4.93. The summed E-state index contributed by atoms with van der Waals surface area (Å²) in [4.78, 5) is 16.6. The number of hydrogen-bond donors (Lipinski definition) is 1. The van der Waals surface area contributed by atoms with E-state index in [1.54, 1.807) is 0 Å². The van der Waals surface area contributed by atoms with Crippen molar-refractivity contribution in [1.82, 2.24) is 15.1 Å². The molecule has 2 aliphatic heterocycles. The van der Waals surface area contributed by atoms with Crippen LogP contribution in [0.25, 0.3) is 0 Å². The second-order valence-electron chi connectivity index (χ2n) is 6.12. The van der Waals surface area contributed by atoms with Crippen molar-refractivity contribution in [2.45, 2.75) is 64.5 Å². The van der Waals surface area contributed by atoms with Gasteiger partial charge in [-0.2, -0.15) is 0 Å². The second-order valence-corrected chi connectivity index (χ2v) is 6.12. The van der Waals surface area contributed by atoms with Gasteiger partial charge in [0.1, 0.15) is 0 Å². The molecule has 0 saturated carbocycles. The Morgan fingerprint density at radius 3 is 2.70 bits per heavy atom. The topological polar surface area (TPSA) is 35.6 Å². The van der Waals surface area contributed by atoms with E-state index in [4.69, 9.17) is 0 Å². The number of carbonyl (C=O) groups is 1. The Bertz CT molecular complexity index is 298. The van der Waals surface area contributed by atoms with Crippen LogP contribution in [-0.2, 0) is 4.79 Å². The minimum Gasteiger partial charge on any atom is -0.343 e. The van der Waals surface area contributed by atoms with E-state index in [1.807, 2.05) is 4.90 Å². The quantitative estimate of drug-likeness (QED) is 0.773. The van der Waals surface area contributed by atoms with E-state index >= 15 is 0 Å². The molecule has 1 amide bonds. The maximum atomic E-state index is 12.0. The summed E-state index contributed by atoms with van der Waals surface area (Å²) in [6.07, 6.45) is 7.05. The summed E-state index contributed by atoms with van der Waals surface area (Å²) in [5.74, 6) is 0.324. The molecular formula is C16H31N3O. The van der Waals surface area contributed by atoms with E-state index in [-0.39, 0.29) is 0 Å². The average molecular weight is 281 g/mol. The van der Waals surface area contributed by atoms with Crippen molar-refractivity contribution in [3.63, 3.8) is 0 Å². The normalized spacial score (nSPS) is 27.1. The second kappa shape index (κ2) is 7.99. The maximum Gasteiger partial charge on any atom is 0.222 e. The van der Waals surface area contributed by atoms with Crippen LogP contribution < -0.4 is 5.32 Å². The van der Waals surface area contributed by atoms with Gasteiger partial charge in [-0.1, -0.05) is 0 Å². The molecule has 2 atom stereocenters. The molecule has 20 heavy (non-hydrogen) atoms. The Kier molecular flexibility index (Phi) is 6.30. The number of hydrogen-bond acceptors (Lipinski definition) is 3. The lowest BCUT2D eigenvalue weighted by Gasteiger charge is -2.29. The third-order valence-corrected chi connectivity index (χ3v) is 4.93. The van der Waals surface area contributed by atoms with Gasteiger partial charge in [0.05, 0.1) is 0 Å². The highest BCUT2D eigenvalue weighted by atomic mass is 16.2. The van der Waals surface area contributed by atoms with Crippen LogP contribution in [-0.4, -0.2) is 60.5 Å². The Morgan fingerprint density at radius 1 is 1.25 bits per heavy atom. The minimum absolute atomic E-state index is 0.324. The minimum atomic E-state index is 0.324. The Balaban J connectivity index is 1.71. The van der Waals surface area contributed by atoms with Gasteiger partial charge in [-0.3, -0.25) is 9.69 Å². The van der Waals surface area contributed by atoms with Crippen LogP contribution in [0.15, 0.2) is 0 Å². The van der Waals surface area contributed by atoms with E-state index < -0.39 is 0 Å². The van der Waals surface area contributed by atoms with Gasteiger partial charge in [0.25, 0.3) is 0 Å². The predicted octanol–water partition coefficient (Wildman–Crippen LogP) is 1.85. The molecule has 0 aromatic rings. The molecule has 2 fully saturated rings. The molecule has 2 rings (SSSR count). The molecule has 4 heteroatoms. The fourth-order valence-electron chi connectivity index (χ4n) is 3.79. The van der Waals surface area contributed by atoms with Crippen molar-refractivity contribution < 1.29 is 4.79 Å². The summed E-state index contributed by atoms with van der Waals surface area (Å²) in [5.41, 5.74) is 0. The molecule has 0 aliphatic carbocycles. The van der Waals surface area contributed by atoms with Crippen LogP contribution in [0, 0.1) is 0 Å². The van der Waals surface area contributed by atoms with Gasteiger partial charge < -0.3 is 10.2 Å². The highest BCUT2D eigenvalue weighted by Crippen LogP contribution is 2.25. The first-order valence-electron chi connectivity index (χ1n) is 8.51. The van der Waals surface area contributed by atoms with Gasteiger partial charge in [-0.15, -0.1) is 0 Å². The van der Waals surface area contributed by atoms with E-state index in [2.05, 4.69) is 24.1 Å². The maximum absolute atomic E-state index is 12.0. The number of nitrogens with zero attached hydrogens (tertiary/aromatic N) is 2. The monoisotopic (exact) mass is 281 g/mol. The highest BCUT2D eigenvalue weighted by Gasteiger charge is 2.32. The molecule has 2 heterocycles. The van der Waals surface area contributed by atoms with Gasteiger partial charge >= 0.3 is 0 Å². The van der Waals surface area contributed by atoms with Crippen molar-refractivity contribution in [3.05, 3.63) is 0 Å². The van der Waals surface area contributed by atoms with Crippen molar-refractivity contribution in [2.75, 3.05) is 32.7 Å². The summed E-state index contributed by atoms with van der Waals surface area (Å²) in [5, 5.41) is 3.65. The average Bonchev–Trinajstić information content (AvgIpc) is 3.10. The fraction of sp³-hybridized carbons (Fsp3) is 0.938. The molecule has 0 radical (unpaired) electrons. The first-order chi connectivity index (χ1) is 9.76. The predicted molar refractivity (Wildman–Crippen MR) is 82.8 cm³/mol. The number of likely N-dealkylation sites (tertiary alicyclic amines) is 1. The van der Waals surface area contributed by atoms with Crippen LogP contribution in [0.1, 0.15) is 52.4 Å². The number of rotatable bonds is 7. The van der Waals surface area contributed by atoms with Crippen molar-refractivity contribution in [1.29, 1.82) is 0 Å². The lowest BCUT2D eigenvalue weighted by molar-refractivity contribution is -0.131. The van der Waals surface area contributed by atoms with Crippen molar-refractivity contribution in [3.8, 4) is 0 Å². The zero-order valence-corrected chi connectivity index (χ0v) is 13.2. The Labute approximate surface area is 123 Å². The molecule has 0 aromatic heterocycles. The first kappa shape index (κ1) is 15.8. The standard InChI is InChI=1S/C16H31N3O/c1-3-18(4-2)16(20)10-7-13-19-12-6-9-15(19)14-8-5-11-17-14/h14-15,17H,3-13H2,1-2H3. The first-order valence-corrected chi connectivity index (χ1v) is 8.51. The van der Waals surface area contributed by atoms with Gasteiger partial charge in [0.15, 0.2) is 0 Å². The van der Waals surface area contributed by atoms with Crippen molar-refractivity contribution >= 4 is 5.91 Å². The van der Waals surface area contributed by atoms with Crippen LogP contribution >= 0.6 is 0 Å². The SMILES string of the molecule is CCN(CC)C(=O)CCCN1CCCC1C1CCCN1. The Hall–Kier alpha value is -0.610.